The average molecular weight is 2300 g/mol. The van der Waals surface area contributed by atoms with Crippen molar-refractivity contribution in [1.29, 1.82) is 0 Å². The molecule has 3 atom stereocenters. The maximum absolute atomic E-state index is 14.6. The number of hydrogen-bond donors (Lipinski definition) is 0. The molecule has 15 aromatic carbocycles. The van der Waals surface area contributed by atoms with Crippen LogP contribution in [0.5, 0.6) is 0 Å². The molecule has 5 heterocycles. The molecule has 0 N–H and O–H groups in total. The van der Waals surface area contributed by atoms with Crippen LogP contribution in [0.25, 0.3) is 88.1 Å². The molecule has 0 amide bonds. The van der Waals surface area contributed by atoms with E-state index < -0.39 is 21.6 Å². The molecule has 0 bridgehead atoms. The number of nitrogens with zero attached hydrogens (tertiary/aromatic N) is 5. The van der Waals surface area contributed by atoms with E-state index >= 15 is 0 Å². The Morgan fingerprint density at radius 1 is 0.347 bits per heavy atom. The summed E-state index contributed by atoms with van der Waals surface area (Å²) < 4.78 is 55.7. The van der Waals surface area contributed by atoms with Crippen LogP contribution in [0, 0.1) is 30.6 Å². The number of fused-ring (bicyclic) bond motifs is 3. The molecule has 3 aliphatic rings. The molecular weight excluding hydrogens is 2230 g/mol. The van der Waals surface area contributed by atoms with Gasteiger partial charge < -0.3 is 18.4 Å². The second-order valence-electron chi connectivity index (χ2n) is 27.2. The van der Waals surface area contributed by atoms with Crippen LogP contribution >= 0.6 is 21.6 Å². The van der Waals surface area contributed by atoms with Gasteiger partial charge in [0.2, 0.25) is 7.29 Å². The Morgan fingerprint density at radius 3 is 1.28 bits per heavy atom. The van der Waals surface area contributed by atoms with E-state index in [1.807, 2.05) is 326 Å². The number of rotatable bonds is 14. The number of anilines is 1. The van der Waals surface area contributed by atoms with E-state index in [4.69, 9.17) is 9.18 Å². The number of hydrogen-bond acceptors (Lipinski definition) is 7. The molecule has 17 aromatic rings. The summed E-state index contributed by atoms with van der Waals surface area (Å²) in [5, 5.41) is 11.5. The quantitative estimate of drug-likeness (QED) is 0.0792. The van der Waals surface area contributed by atoms with Gasteiger partial charge in [-0.3, -0.25) is 19.0 Å². The van der Waals surface area contributed by atoms with Gasteiger partial charge in [0.15, 0.2) is 7.14 Å². The minimum atomic E-state index is -3.13. The fraction of sp³-hybridized carbons (Fsp3) is 0. The average Bonchev–Trinajstić information content (AvgIpc) is 1.57. The maximum Gasteiger partial charge on any atom is 2.00 e. The first kappa shape index (κ1) is 85.0. The zero-order valence-corrected chi connectivity index (χ0v) is 74.7. The van der Waals surface area contributed by atoms with Gasteiger partial charge in [0.1, 0.15) is 11.2 Å². The zero-order chi connectivity index (χ0) is 77.1. The van der Waals surface area contributed by atoms with Crippen molar-refractivity contribution in [2.24, 2.45) is 9.76 Å². The maximum atomic E-state index is 14.6. The van der Waals surface area contributed by atoms with Crippen LogP contribution in [0.1, 0.15) is 27.8 Å². The number of aliphatic imine (C=N–C) groups is 1. The van der Waals surface area contributed by atoms with Gasteiger partial charge in [0.05, 0.1) is 6.20 Å². The number of benzene rings is 15. The minimum absolute atomic E-state index is 0. The van der Waals surface area contributed by atoms with Crippen molar-refractivity contribution in [3.8, 4) is 50.2 Å². The minimum Gasteiger partial charge on any atom is -0.512 e. The Labute approximate surface area is 745 Å². The Morgan fingerprint density at radius 2 is 0.763 bits per heavy atom. The number of para-hydroxylation sites is 3. The van der Waals surface area contributed by atoms with Gasteiger partial charge in [-0.1, -0.05) is 273 Å². The first-order valence-electron chi connectivity index (χ1n) is 37.4. The van der Waals surface area contributed by atoms with Crippen molar-refractivity contribution in [2.75, 3.05) is 4.90 Å². The molecule has 118 heavy (non-hydrogen) atoms. The van der Waals surface area contributed by atoms with Crippen LogP contribution in [-0.4, -0.2) is 20.9 Å². The van der Waals surface area contributed by atoms with Crippen molar-refractivity contribution in [1.82, 2.24) is 9.78 Å². The summed E-state index contributed by atoms with van der Waals surface area (Å²) in [7, 11) is -9.15. The summed E-state index contributed by atoms with van der Waals surface area (Å²) in [6.07, 6.45) is 11.4. The smallest absolute Gasteiger partial charge is 0.512 e. The van der Waals surface area contributed by atoms with E-state index in [1.54, 1.807) is 6.20 Å². The molecule has 3 aliphatic heterocycles. The van der Waals surface area contributed by atoms with Crippen molar-refractivity contribution < 1.29 is 102 Å². The first-order valence-corrected chi connectivity index (χ1v) is 42.5. The molecule has 0 radical (unpaired) electrons. The largest absolute Gasteiger partial charge is 2.00 e. The van der Waals surface area contributed by atoms with Gasteiger partial charge in [-0.2, -0.15) is 66.0 Å². The fourth-order valence-electron chi connectivity index (χ4n) is 14.3. The zero-order valence-electron chi connectivity index (χ0n) is 63.0. The van der Waals surface area contributed by atoms with E-state index in [2.05, 4.69) is 144 Å². The summed E-state index contributed by atoms with van der Waals surface area (Å²) in [5.41, 5.74) is 18.4. The second-order valence-corrected chi connectivity index (χ2v) is 34.8. The summed E-state index contributed by atoms with van der Waals surface area (Å²) in [5.74, 6) is 0. The predicted molar refractivity (Wildman–Crippen MR) is 471 cm³/mol. The van der Waals surface area contributed by atoms with Crippen molar-refractivity contribution in [3.63, 3.8) is 0 Å². The standard InChI is InChI=1S/C27H20NOP.2C27H19NOP.C21H13N2O.4Pt/c29-30(26-14-8-3-9-15-26)21-28(25-12-6-2-7-13-25)20-27(30)24-18-16-23(17-19-24)22-10-4-1-5-11-22;29-30(25-14-8-3-9-15-25)26(20-28-27(30)24-12-6-2-7-13-24)23-18-16-22(17-19-23)21-10-4-1-5-11-21;29-30(25-14-8-3-9-15-25)27(20-26(28-30)23-12-6-2-7-13-23)24-18-16-22(17-19-24)21-10-4-1-5-11-21;1-2-6-17(7-3-1)23-14-16(13-22-23)15-10-11-19-18-8-4-5-9-20(18)24-21(19)12-15;;;;/h1-12,14-21H;2*1-12,14-20H;1-6,8-14H;;;;/q-2;3*-1;;3*+2. The molecule has 9 nitrogen and oxygen atoms in total. The number of furan rings is 1. The normalized spacial score (nSPS) is 16.1. The van der Waals surface area contributed by atoms with Crippen LogP contribution < -0.4 is 20.8 Å². The molecule has 0 saturated carbocycles. The van der Waals surface area contributed by atoms with E-state index in [0.29, 0.717) is 11.2 Å². The molecular formula is C102H71N5O4P3Pt4+. The number of aromatic nitrogens is 2. The van der Waals surface area contributed by atoms with E-state index in [1.165, 1.54) is 5.56 Å². The van der Waals surface area contributed by atoms with Gasteiger partial charge in [-0.15, -0.1) is 83.5 Å². The van der Waals surface area contributed by atoms with E-state index in [9.17, 15) is 13.7 Å². The third-order valence-corrected chi connectivity index (χ3v) is 28.4. The Kier molecular flexibility index (Phi) is 28.2. The predicted octanol–water partition coefficient (Wildman–Crippen LogP) is 25.2. The van der Waals surface area contributed by atoms with Gasteiger partial charge in [0.25, 0.3) is 0 Å². The Bertz CT molecular complexity index is 6470. The molecule has 20 rings (SSSR count). The van der Waals surface area contributed by atoms with E-state index in [-0.39, 0.29) is 84.3 Å². The SMILES string of the molecule is O=P1(c2ccccc2)C(c2ccc(-c3ccccc3)cc2)=CN=C1c1[c-]cccc1.O=P1(c2ccccc2)N=C(c2[c-]cccc2)C=C1c1ccc(-c2ccccc2)cc1.O=P1(c2ccccc2)[CH-]N(c2[c-]cccc2)C=C1c1ccc(-c2ccccc2)cc1.[Pt+2].[Pt+2].[Pt+2].[Pt].[c-]1ccccc1-n1cc(-c2ccc3c(c2)oc2ccccc23)cn1. The number of allylic oxidation sites excluding steroid dienone is 1. The van der Waals surface area contributed by atoms with Crippen molar-refractivity contribution in [3.05, 3.63) is 484 Å². The summed E-state index contributed by atoms with van der Waals surface area (Å²) >= 11 is 0. The molecule has 582 valence electrons. The third kappa shape index (κ3) is 18.4. The Hall–Kier alpha value is -10.9. The molecule has 0 spiro atoms. The topological polar surface area (TPSA) is 110 Å². The van der Waals surface area contributed by atoms with Gasteiger partial charge >= 0.3 is 63.2 Å². The fourth-order valence-corrected chi connectivity index (χ4v) is 21.9. The van der Waals surface area contributed by atoms with E-state index in [0.717, 1.165) is 132 Å². The monoisotopic (exact) mass is 2300 g/mol. The molecule has 16 heteroatoms. The van der Waals surface area contributed by atoms with Crippen molar-refractivity contribution >= 4 is 92.2 Å². The summed E-state index contributed by atoms with van der Waals surface area (Å²) in [4.78, 5) is 6.57. The van der Waals surface area contributed by atoms with Gasteiger partial charge in [-0.05, 0) is 109 Å². The van der Waals surface area contributed by atoms with Gasteiger partial charge in [-0.25, -0.2) is 0 Å². The van der Waals surface area contributed by atoms with Crippen LogP contribution in [0.2, 0.25) is 0 Å². The Balaban J connectivity index is 0.000000135. The molecule has 2 aromatic heterocycles. The van der Waals surface area contributed by atoms with Gasteiger partial charge in [0, 0.05) is 88.9 Å². The van der Waals surface area contributed by atoms with Crippen LogP contribution in [-0.2, 0) is 98.0 Å². The third-order valence-electron chi connectivity index (χ3n) is 20.1. The van der Waals surface area contributed by atoms with Crippen molar-refractivity contribution in [2.45, 2.75) is 0 Å². The first-order chi connectivity index (χ1) is 56.1. The van der Waals surface area contributed by atoms with Crippen LogP contribution in [0.15, 0.2) is 439 Å². The summed E-state index contributed by atoms with van der Waals surface area (Å²) in [6, 6.07) is 143. The molecule has 0 saturated heterocycles. The molecule has 0 aliphatic carbocycles. The summed E-state index contributed by atoms with van der Waals surface area (Å²) in [6.45, 7) is 0. The molecule has 3 unspecified atom stereocenters. The second kappa shape index (κ2) is 39.1. The van der Waals surface area contributed by atoms with Crippen LogP contribution in [0.4, 0.5) is 5.69 Å². The van der Waals surface area contributed by atoms with Crippen LogP contribution in [0.3, 0.4) is 0 Å². The molecule has 0 fully saturated rings.